The highest BCUT2D eigenvalue weighted by Crippen LogP contribution is 2.07. The predicted molar refractivity (Wildman–Crippen MR) is 49.3 cm³/mol. The van der Waals surface area contributed by atoms with Crippen LogP contribution in [0.1, 0.15) is 23.1 Å². The van der Waals surface area contributed by atoms with Gasteiger partial charge in [0.05, 0.1) is 5.56 Å². The maximum Gasteiger partial charge on any atom is 0.337 e. The molecule has 0 aromatic carbocycles. The molecule has 0 spiro atoms. The first kappa shape index (κ1) is 8.68. The lowest BCUT2D eigenvalue weighted by Gasteiger charge is -1.98. The van der Waals surface area contributed by atoms with Crippen LogP contribution in [0.25, 0.3) is 5.65 Å². The molecule has 72 valence electrons. The third-order valence-corrected chi connectivity index (χ3v) is 2.04. The van der Waals surface area contributed by atoms with E-state index < -0.39 is 5.97 Å². The van der Waals surface area contributed by atoms with Gasteiger partial charge in [-0.3, -0.25) is 4.40 Å². The maximum absolute atomic E-state index is 10.7. The second kappa shape index (κ2) is 3.10. The number of pyridine rings is 1. The highest BCUT2D eigenvalue weighted by Gasteiger charge is 2.07. The zero-order valence-corrected chi connectivity index (χ0v) is 7.64. The molecule has 0 aliphatic rings. The first-order chi connectivity index (χ1) is 6.72. The quantitative estimate of drug-likeness (QED) is 0.768. The summed E-state index contributed by atoms with van der Waals surface area (Å²) in [6.45, 7) is 1.95. The Labute approximate surface area is 80.0 Å². The van der Waals surface area contributed by atoms with Crippen molar-refractivity contribution in [3.05, 3.63) is 29.7 Å². The van der Waals surface area contributed by atoms with E-state index in [0.717, 1.165) is 12.2 Å². The zero-order valence-electron chi connectivity index (χ0n) is 7.64. The Morgan fingerprint density at radius 2 is 2.29 bits per heavy atom. The standard InChI is InChI=1S/C9H9N3O2/c1-2-7-10-11-8-4-3-6(9(13)14)5-12(7)8/h3-5H,2H2,1H3,(H,13,14). The molecule has 0 saturated carbocycles. The molecular weight excluding hydrogens is 182 g/mol. The molecule has 14 heavy (non-hydrogen) atoms. The van der Waals surface area contributed by atoms with Gasteiger partial charge >= 0.3 is 5.97 Å². The molecule has 2 aromatic heterocycles. The third-order valence-electron chi connectivity index (χ3n) is 2.04. The van der Waals surface area contributed by atoms with Crippen LogP contribution in [0.2, 0.25) is 0 Å². The van der Waals surface area contributed by atoms with Crippen LogP contribution < -0.4 is 0 Å². The van der Waals surface area contributed by atoms with Gasteiger partial charge < -0.3 is 5.11 Å². The Morgan fingerprint density at radius 3 is 2.93 bits per heavy atom. The minimum atomic E-state index is -0.942. The van der Waals surface area contributed by atoms with Crippen molar-refractivity contribution in [2.45, 2.75) is 13.3 Å². The van der Waals surface area contributed by atoms with Gasteiger partial charge in [0.25, 0.3) is 0 Å². The van der Waals surface area contributed by atoms with Gasteiger partial charge in [0.15, 0.2) is 5.65 Å². The molecule has 0 saturated heterocycles. The number of hydrogen-bond donors (Lipinski definition) is 1. The fourth-order valence-corrected chi connectivity index (χ4v) is 1.31. The number of carbonyl (C=O) groups is 1. The predicted octanol–water partition coefficient (Wildman–Crippen LogP) is 0.990. The summed E-state index contributed by atoms with van der Waals surface area (Å²) < 4.78 is 1.70. The van der Waals surface area contributed by atoms with Crippen LogP contribution in [-0.4, -0.2) is 25.7 Å². The summed E-state index contributed by atoms with van der Waals surface area (Å²) in [7, 11) is 0. The normalized spacial score (nSPS) is 10.6. The molecule has 0 atom stereocenters. The van der Waals surface area contributed by atoms with Crippen LogP contribution in [-0.2, 0) is 6.42 Å². The van der Waals surface area contributed by atoms with E-state index in [2.05, 4.69) is 10.2 Å². The molecule has 5 heteroatoms. The van der Waals surface area contributed by atoms with Crippen molar-refractivity contribution in [1.29, 1.82) is 0 Å². The molecule has 2 heterocycles. The van der Waals surface area contributed by atoms with Gasteiger partial charge in [-0.1, -0.05) is 6.92 Å². The number of aromatic nitrogens is 3. The van der Waals surface area contributed by atoms with Gasteiger partial charge in [-0.2, -0.15) is 0 Å². The number of rotatable bonds is 2. The van der Waals surface area contributed by atoms with Gasteiger partial charge in [-0.15, -0.1) is 10.2 Å². The van der Waals surface area contributed by atoms with E-state index in [9.17, 15) is 4.79 Å². The number of hydrogen-bond acceptors (Lipinski definition) is 3. The van der Waals surface area contributed by atoms with E-state index in [4.69, 9.17) is 5.11 Å². The molecule has 2 rings (SSSR count). The third kappa shape index (κ3) is 1.22. The number of fused-ring (bicyclic) bond motifs is 1. The zero-order chi connectivity index (χ0) is 10.1. The van der Waals surface area contributed by atoms with Gasteiger partial charge in [0.2, 0.25) is 0 Å². The Hall–Kier alpha value is -1.91. The molecule has 0 aliphatic heterocycles. The molecule has 0 aliphatic carbocycles. The lowest BCUT2D eigenvalue weighted by molar-refractivity contribution is 0.0696. The van der Waals surface area contributed by atoms with Crippen LogP contribution in [0.4, 0.5) is 0 Å². The average molecular weight is 191 g/mol. The molecule has 2 aromatic rings. The van der Waals surface area contributed by atoms with Crippen LogP contribution in [0.15, 0.2) is 18.3 Å². The molecule has 5 nitrogen and oxygen atoms in total. The van der Waals surface area contributed by atoms with E-state index in [1.54, 1.807) is 10.5 Å². The highest BCUT2D eigenvalue weighted by atomic mass is 16.4. The Balaban J connectivity index is 2.67. The van der Waals surface area contributed by atoms with E-state index in [0.29, 0.717) is 5.65 Å². The summed E-state index contributed by atoms with van der Waals surface area (Å²) in [5.74, 6) is -0.175. The van der Waals surface area contributed by atoms with Crippen molar-refractivity contribution in [1.82, 2.24) is 14.6 Å². The van der Waals surface area contributed by atoms with E-state index in [-0.39, 0.29) is 5.56 Å². The summed E-state index contributed by atoms with van der Waals surface area (Å²) >= 11 is 0. The first-order valence-corrected chi connectivity index (χ1v) is 4.29. The van der Waals surface area contributed by atoms with Gasteiger partial charge in [0.1, 0.15) is 5.82 Å². The topological polar surface area (TPSA) is 67.5 Å². The van der Waals surface area contributed by atoms with Crippen LogP contribution in [0, 0.1) is 0 Å². The molecule has 0 unspecified atom stereocenters. The van der Waals surface area contributed by atoms with Crippen molar-refractivity contribution in [2.24, 2.45) is 0 Å². The SMILES string of the molecule is CCc1nnc2ccc(C(=O)O)cn12. The summed E-state index contributed by atoms with van der Waals surface area (Å²) in [6, 6.07) is 3.17. The maximum atomic E-state index is 10.7. The largest absolute Gasteiger partial charge is 0.478 e. The van der Waals surface area contributed by atoms with Crippen LogP contribution in [0.3, 0.4) is 0 Å². The summed E-state index contributed by atoms with van der Waals surface area (Å²) in [6.07, 6.45) is 2.26. The number of nitrogens with zero attached hydrogens (tertiary/aromatic N) is 3. The first-order valence-electron chi connectivity index (χ1n) is 4.29. The minimum absolute atomic E-state index is 0.243. The molecule has 0 bridgehead atoms. The summed E-state index contributed by atoms with van der Waals surface area (Å²) in [5, 5.41) is 16.6. The van der Waals surface area contributed by atoms with E-state index >= 15 is 0 Å². The van der Waals surface area contributed by atoms with Crippen molar-refractivity contribution < 1.29 is 9.90 Å². The molecule has 0 radical (unpaired) electrons. The summed E-state index contributed by atoms with van der Waals surface area (Å²) in [5.41, 5.74) is 0.916. The number of carboxylic acids is 1. The van der Waals surface area contributed by atoms with E-state index in [1.165, 1.54) is 12.3 Å². The number of carboxylic acid groups (broad SMARTS) is 1. The number of aryl methyl sites for hydroxylation is 1. The van der Waals surface area contributed by atoms with E-state index in [1.807, 2.05) is 6.92 Å². The van der Waals surface area contributed by atoms with Gasteiger partial charge in [-0.25, -0.2) is 4.79 Å². The van der Waals surface area contributed by atoms with Gasteiger partial charge in [-0.05, 0) is 12.1 Å². The average Bonchev–Trinajstić information content (AvgIpc) is 2.59. The fraction of sp³-hybridized carbons (Fsp3) is 0.222. The van der Waals surface area contributed by atoms with Crippen molar-refractivity contribution in [3.63, 3.8) is 0 Å². The Bertz CT molecular complexity index is 490. The van der Waals surface area contributed by atoms with Gasteiger partial charge in [0, 0.05) is 12.6 Å². The van der Waals surface area contributed by atoms with Crippen molar-refractivity contribution in [2.75, 3.05) is 0 Å². The smallest absolute Gasteiger partial charge is 0.337 e. The highest BCUT2D eigenvalue weighted by molar-refractivity contribution is 5.87. The van der Waals surface area contributed by atoms with Crippen LogP contribution >= 0.6 is 0 Å². The molecule has 1 N–H and O–H groups in total. The lowest BCUT2D eigenvalue weighted by atomic mass is 10.3. The Morgan fingerprint density at radius 1 is 1.50 bits per heavy atom. The molecule has 0 amide bonds. The number of aromatic carboxylic acids is 1. The molecular formula is C9H9N3O2. The fourth-order valence-electron chi connectivity index (χ4n) is 1.31. The second-order valence-electron chi connectivity index (χ2n) is 2.92. The minimum Gasteiger partial charge on any atom is -0.478 e. The Kier molecular flexibility index (Phi) is 1.92. The molecule has 0 fully saturated rings. The van der Waals surface area contributed by atoms with Crippen molar-refractivity contribution in [3.8, 4) is 0 Å². The van der Waals surface area contributed by atoms with Crippen molar-refractivity contribution >= 4 is 11.6 Å². The summed E-state index contributed by atoms with van der Waals surface area (Å²) in [4.78, 5) is 10.7. The lowest BCUT2D eigenvalue weighted by Crippen LogP contribution is -2.00. The second-order valence-corrected chi connectivity index (χ2v) is 2.92. The van der Waals surface area contributed by atoms with Crippen LogP contribution in [0.5, 0.6) is 0 Å². The monoisotopic (exact) mass is 191 g/mol.